The molecule has 166 valence electrons. The zero-order valence-corrected chi connectivity index (χ0v) is 18.9. The summed E-state index contributed by atoms with van der Waals surface area (Å²) in [6.45, 7) is 1.35. The second-order valence-electron chi connectivity index (χ2n) is 7.25. The molecular weight excluding hydrogens is 448 g/mol. The predicted molar refractivity (Wildman–Crippen MR) is 126 cm³/mol. The average Bonchev–Trinajstić information content (AvgIpc) is 2.78. The van der Waals surface area contributed by atoms with Crippen LogP contribution < -0.4 is 11.1 Å². The molecule has 0 saturated carbocycles. The van der Waals surface area contributed by atoms with E-state index in [2.05, 4.69) is 5.32 Å². The third-order valence-electron chi connectivity index (χ3n) is 4.72. The van der Waals surface area contributed by atoms with Crippen LogP contribution in [0, 0.1) is 0 Å². The summed E-state index contributed by atoms with van der Waals surface area (Å²) in [6, 6.07) is 23.1. The maximum absolute atomic E-state index is 12.9. The lowest BCUT2D eigenvalue weighted by Gasteiger charge is -2.31. The average molecular weight is 471 g/mol. The Kier molecular flexibility index (Phi) is 7.80. The van der Waals surface area contributed by atoms with Crippen LogP contribution in [-0.2, 0) is 16.1 Å². The van der Waals surface area contributed by atoms with E-state index in [9.17, 15) is 14.7 Å². The Hall–Kier alpha value is -3.00. The molecule has 0 saturated heterocycles. The van der Waals surface area contributed by atoms with Crippen LogP contribution in [0.5, 0.6) is 0 Å². The lowest BCUT2D eigenvalue weighted by molar-refractivity contribution is -0.137. The minimum Gasteiger partial charge on any atom is -0.444 e. The van der Waals surface area contributed by atoms with Crippen LogP contribution in [0.3, 0.4) is 0 Å². The molecule has 3 aromatic rings. The minimum atomic E-state index is -1.97. The number of nitrogens with one attached hydrogen (secondary N) is 1. The number of anilines is 1. The maximum Gasteiger partial charge on any atom is 0.414 e. The number of carbonyl (C=O) groups is 2. The summed E-state index contributed by atoms with van der Waals surface area (Å²) in [5, 5.41) is 13.1. The minimum absolute atomic E-state index is 0.000266. The SMILES string of the molecule is CC(O)(C(=O)NC(=O)OCc1ccccc1)C(Sc1ccc(Cl)cc1N)c1ccccc1. The van der Waals surface area contributed by atoms with Gasteiger partial charge in [-0.2, -0.15) is 0 Å². The number of hydrogen-bond acceptors (Lipinski definition) is 6. The Morgan fingerprint density at radius 3 is 2.34 bits per heavy atom. The van der Waals surface area contributed by atoms with E-state index < -0.39 is 22.9 Å². The van der Waals surface area contributed by atoms with Crippen LogP contribution in [0.4, 0.5) is 10.5 Å². The Labute approximate surface area is 195 Å². The molecular formula is C24H23ClN2O4S. The molecule has 0 aliphatic heterocycles. The highest BCUT2D eigenvalue weighted by Gasteiger charge is 2.42. The van der Waals surface area contributed by atoms with Gasteiger partial charge in [0.1, 0.15) is 6.61 Å². The summed E-state index contributed by atoms with van der Waals surface area (Å²) in [6.07, 6.45) is -0.943. The number of carbonyl (C=O) groups excluding carboxylic acids is 2. The third kappa shape index (κ3) is 6.03. The highest BCUT2D eigenvalue weighted by Crippen LogP contribution is 2.45. The monoisotopic (exact) mass is 470 g/mol. The molecule has 3 aromatic carbocycles. The molecule has 0 bridgehead atoms. The number of alkyl carbamates (subject to hydrolysis) is 1. The zero-order chi connectivity index (χ0) is 23.1. The van der Waals surface area contributed by atoms with E-state index in [0.29, 0.717) is 21.2 Å². The van der Waals surface area contributed by atoms with Crippen molar-refractivity contribution >= 4 is 41.1 Å². The number of aliphatic hydroxyl groups is 1. The molecule has 0 spiro atoms. The molecule has 2 amide bonds. The number of thioether (sulfide) groups is 1. The molecule has 3 rings (SSSR count). The molecule has 0 aromatic heterocycles. The largest absolute Gasteiger partial charge is 0.444 e. The highest BCUT2D eigenvalue weighted by atomic mass is 35.5. The van der Waals surface area contributed by atoms with Gasteiger partial charge in [0.05, 0.1) is 5.25 Å². The van der Waals surface area contributed by atoms with E-state index in [1.807, 2.05) is 24.3 Å². The molecule has 2 atom stereocenters. The molecule has 32 heavy (non-hydrogen) atoms. The maximum atomic E-state index is 12.9. The fraction of sp³-hybridized carbons (Fsp3) is 0.167. The van der Waals surface area contributed by atoms with Crippen molar-refractivity contribution in [1.82, 2.24) is 5.32 Å². The van der Waals surface area contributed by atoms with Crippen LogP contribution in [0.15, 0.2) is 83.8 Å². The Morgan fingerprint density at radius 2 is 1.72 bits per heavy atom. The van der Waals surface area contributed by atoms with Crippen molar-refractivity contribution in [1.29, 1.82) is 0 Å². The summed E-state index contributed by atoms with van der Waals surface area (Å²) >= 11 is 7.19. The number of amides is 2. The van der Waals surface area contributed by atoms with E-state index in [1.54, 1.807) is 54.6 Å². The highest BCUT2D eigenvalue weighted by molar-refractivity contribution is 7.99. The molecule has 0 aliphatic carbocycles. The summed E-state index contributed by atoms with van der Waals surface area (Å²) in [7, 11) is 0. The molecule has 0 fully saturated rings. The smallest absolute Gasteiger partial charge is 0.414 e. The van der Waals surface area contributed by atoms with Gasteiger partial charge < -0.3 is 15.6 Å². The van der Waals surface area contributed by atoms with Crippen LogP contribution in [-0.4, -0.2) is 22.7 Å². The van der Waals surface area contributed by atoms with Gasteiger partial charge >= 0.3 is 6.09 Å². The van der Waals surface area contributed by atoms with Gasteiger partial charge in [0, 0.05) is 15.6 Å². The van der Waals surface area contributed by atoms with Crippen LogP contribution in [0.25, 0.3) is 0 Å². The molecule has 6 nitrogen and oxygen atoms in total. The number of nitrogens with two attached hydrogens (primary N) is 1. The number of nitrogen functional groups attached to an aromatic ring is 1. The van der Waals surface area contributed by atoms with E-state index in [-0.39, 0.29) is 6.61 Å². The standard InChI is InChI=1S/C24H23ClN2O4S/c1-24(30,22(28)27-23(29)31-15-16-8-4-2-5-9-16)21(17-10-6-3-7-11-17)32-20-13-12-18(25)14-19(20)26/h2-14,21,30H,15,26H2,1H3,(H,27,28,29). The Morgan fingerprint density at radius 1 is 1.09 bits per heavy atom. The molecule has 0 heterocycles. The first kappa shape index (κ1) is 23.7. The number of ether oxygens (including phenoxy) is 1. The Bertz CT molecular complexity index is 1080. The fourth-order valence-electron chi connectivity index (χ4n) is 2.99. The van der Waals surface area contributed by atoms with Gasteiger partial charge in [0.2, 0.25) is 0 Å². The van der Waals surface area contributed by atoms with Crippen LogP contribution in [0.1, 0.15) is 23.3 Å². The third-order valence-corrected chi connectivity index (χ3v) is 6.55. The summed E-state index contributed by atoms with van der Waals surface area (Å²) in [4.78, 5) is 25.7. The molecule has 4 N–H and O–H groups in total. The normalized spacial score (nSPS) is 13.6. The van der Waals surface area contributed by atoms with Gasteiger partial charge in [0.15, 0.2) is 5.60 Å². The summed E-state index contributed by atoms with van der Waals surface area (Å²) in [5.41, 5.74) is 5.99. The second kappa shape index (κ2) is 10.5. The van der Waals surface area contributed by atoms with Gasteiger partial charge in [-0.15, -0.1) is 11.8 Å². The van der Waals surface area contributed by atoms with Crippen molar-refractivity contribution in [2.75, 3.05) is 5.73 Å². The number of halogens is 1. The van der Waals surface area contributed by atoms with Crippen molar-refractivity contribution in [3.63, 3.8) is 0 Å². The number of imide groups is 1. The van der Waals surface area contributed by atoms with Gasteiger partial charge in [0.25, 0.3) is 5.91 Å². The number of rotatable bonds is 7. The molecule has 0 aliphatic rings. The van der Waals surface area contributed by atoms with Crippen molar-refractivity contribution in [3.8, 4) is 0 Å². The molecule has 2 unspecified atom stereocenters. The van der Waals surface area contributed by atoms with Crippen molar-refractivity contribution < 1.29 is 19.4 Å². The lowest BCUT2D eigenvalue weighted by Crippen LogP contribution is -2.50. The molecule has 8 heteroatoms. The van der Waals surface area contributed by atoms with Crippen LogP contribution >= 0.6 is 23.4 Å². The first-order valence-electron chi connectivity index (χ1n) is 9.78. The summed E-state index contributed by atoms with van der Waals surface area (Å²) in [5.74, 6) is -0.885. The number of hydrogen-bond donors (Lipinski definition) is 3. The van der Waals surface area contributed by atoms with E-state index in [1.165, 1.54) is 18.7 Å². The Balaban J connectivity index is 1.77. The number of benzene rings is 3. The van der Waals surface area contributed by atoms with Crippen LogP contribution in [0.2, 0.25) is 5.02 Å². The van der Waals surface area contributed by atoms with E-state index >= 15 is 0 Å². The zero-order valence-electron chi connectivity index (χ0n) is 17.3. The van der Waals surface area contributed by atoms with E-state index in [4.69, 9.17) is 22.1 Å². The van der Waals surface area contributed by atoms with Gasteiger partial charge in [-0.05, 0) is 36.2 Å². The van der Waals surface area contributed by atoms with Crippen molar-refractivity contribution in [2.24, 2.45) is 0 Å². The van der Waals surface area contributed by atoms with E-state index in [0.717, 1.165) is 5.56 Å². The van der Waals surface area contributed by atoms with Crippen molar-refractivity contribution in [3.05, 3.63) is 95.0 Å². The molecule has 0 radical (unpaired) electrons. The van der Waals surface area contributed by atoms with Crippen molar-refractivity contribution in [2.45, 2.75) is 29.3 Å². The second-order valence-corrected chi connectivity index (χ2v) is 8.84. The summed E-state index contributed by atoms with van der Waals surface area (Å²) < 4.78 is 5.11. The predicted octanol–water partition coefficient (Wildman–Crippen LogP) is 4.96. The van der Waals surface area contributed by atoms with Gasteiger partial charge in [-0.3, -0.25) is 10.1 Å². The lowest BCUT2D eigenvalue weighted by atomic mass is 9.95. The quantitative estimate of drug-likeness (QED) is 0.333. The topological polar surface area (TPSA) is 102 Å². The van der Waals surface area contributed by atoms with Gasteiger partial charge in [-0.1, -0.05) is 72.3 Å². The fourth-order valence-corrected chi connectivity index (χ4v) is 4.39. The first-order chi connectivity index (χ1) is 15.3. The first-order valence-corrected chi connectivity index (χ1v) is 11.0. The van der Waals surface area contributed by atoms with Gasteiger partial charge in [-0.25, -0.2) is 4.79 Å².